The number of benzene rings is 1. The Morgan fingerprint density at radius 1 is 1.05 bits per heavy atom. The van der Waals surface area contributed by atoms with E-state index in [1.165, 1.54) is 55.8 Å². The number of thiocarbonyl (C=S) groups is 1. The first-order valence-electron chi connectivity index (χ1n) is 8.11. The monoisotopic (exact) mass is 302 g/mol. The fourth-order valence-corrected chi connectivity index (χ4v) is 2.90. The first kappa shape index (κ1) is 16.0. The lowest BCUT2D eigenvalue weighted by Gasteiger charge is -2.07. The van der Waals surface area contributed by atoms with Crippen molar-refractivity contribution in [3.8, 4) is 0 Å². The van der Waals surface area contributed by atoms with Gasteiger partial charge in [0.25, 0.3) is 0 Å². The van der Waals surface area contributed by atoms with Crippen LogP contribution >= 0.6 is 12.2 Å². The predicted molar refractivity (Wildman–Crippen MR) is 95.8 cm³/mol. The average molecular weight is 302 g/mol. The number of hydrogen-bond acceptors (Lipinski definition) is 1. The van der Waals surface area contributed by atoms with Gasteiger partial charge in [0.15, 0.2) is 0 Å². The van der Waals surface area contributed by atoms with Gasteiger partial charge in [-0.15, -0.1) is 0 Å². The standard InChI is InChI=1S/C18H26N2S/c1-2-3-4-5-6-7-8-12-20-13-11-15-9-10-16(18(19)21)14-17(15)20/h9-11,13-14H,2-8,12H2,1H3,(H2,19,21). The largest absolute Gasteiger partial charge is 0.389 e. The molecule has 2 rings (SSSR count). The summed E-state index contributed by atoms with van der Waals surface area (Å²) in [5, 5.41) is 1.26. The molecule has 0 atom stereocenters. The van der Waals surface area contributed by atoms with Crippen LogP contribution in [0, 0.1) is 0 Å². The molecule has 21 heavy (non-hydrogen) atoms. The molecule has 0 bridgehead atoms. The summed E-state index contributed by atoms with van der Waals surface area (Å²) in [7, 11) is 0. The normalized spacial score (nSPS) is 11.1. The second kappa shape index (κ2) is 8.18. The fourth-order valence-electron chi connectivity index (χ4n) is 2.77. The number of aryl methyl sites for hydroxylation is 1. The molecule has 2 N–H and O–H groups in total. The third kappa shape index (κ3) is 4.57. The van der Waals surface area contributed by atoms with Gasteiger partial charge in [-0.3, -0.25) is 0 Å². The van der Waals surface area contributed by atoms with Gasteiger partial charge in [-0.25, -0.2) is 0 Å². The average Bonchev–Trinajstić information content (AvgIpc) is 2.88. The summed E-state index contributed by atoms with van der Waals surface area (Å²) >= 11 is 5.07. The third-order valence-electron chi connectivity index (χ3n) is 4.06. The van der Waals surface area contributed by atoms with Crippen molar-refractivity contribution in [1.29, 1.82) is 0 Å². The Morgan fingerprint density at radius 3 is 2.48 bits per heavy atom. The summed E-state index contributed by atoms with van der Waals surface area (Å²) in [5.74, 6) is 0. The van der Waals surface area contributed by atoms with Crippen LogP contribution in [-0.4, -0.2) is 9.56 Å². The molecule has 0 aliphatic carbocycles. The first-order valence-corrected chi connectivity index (χ1v) is 8.52. The molecular formula is C18H26N2S. The Labute approximate surface area is 133 Å². The van der Waals surface area contributed by atoms with Gasteiger partial charge in [-0.2, -0.15) is 0 Å². The smallest absolute Gasteiger partial charge is 0.104 e. The van der Waals surface area contributed by atoms with Crippen LogP contribution in [0.3, 0.4) is 0 Å². The minimum absolute atomic E-state index is 0.473. The molecule has 0 amide bonds. The highest BCUT2D eigenvalue weighted by atomic mass is 32.1. The summed E-state index contributed by atoms with van der Waals surface area (Å²) < 4.78 is 2.32. The van der Waals surface area contributed by atoms with Crippen LogP contribution in [0.25, 0.3) is 10.9 Å². The lowest BCUT2D eigenvalue weighted by molar-refractivity contribution is 0.556. The van der Waals surface area contributed by atoms with E-state index in [1.54, 1.807) is 0 Å². The molecule has 2 nitrogen and oxygen atoms in total. The van der Waals surface area contributed by atoms with Gasteiger partial charge in [-0.1, -0.05) is 69.8 Å². The van der Waals surface area contributed by atoms with Crippen LogP contribution in [0.1, 0.15) is 57.4 Å². The molecule has 0 aliphatic heterocycles. The van der Waals surface area contributed by atoms with Crippen LogP contribution in [0.4, 0.5) is 0 Å². The number of rotatable bonds is 9. The SMILES string of the molecule is CCCCCCCCCn1ccc2ccc(C(N)=S)cc21. The molecule has 1 aromatic carbocycles. The molecule has 1 aromatic heterocycles. The summed E-state index contributed by atoms with van der Waals surface area (Å²) in [6.45, 7) is 3.34. The van der Waals surface area contributed by atoms with Crippen LogP contribution in [0.2, 0.25) is 0 Å². The minimum atomic E-state index is 0.473. The molecule has 0 unspecified atom stereocenters. The number of nitrogens with two attached hydrogens (primary N) is 1. The van der Waals surface area contributed by atoms with Crippen molar-refractivity contribution in [2.45, 2.75) is 58.4 Å². The van der Waals surface area contributed by atoms with Gasteiger partial charge in [0.05, 0.1) is 0 Å². The van der Waals surface area contributed by atoms with Gasteiger partial charge in [0.1, 0.15) is 4.99 Å². The van der Waals surface area contributed by atoms with Crippen molar-refractivity contribution in [2.24, 2.45) is 5.73 Å². The van der Waals surface area contributed by atoms with Crippen LogP contribution in [0.15, 0.2) is 30.5 Å². The van der Waals surface area contributed by atoms with Crippen LogP contribution < -0.4 is 5.73 Å². The third-order valence-corrected chi connectivity index (χ3v) is 4.30. The molecule has 0 saturated carbocycles. The molecule has 0 fully saturated rings. The van der Waals surface area contributed by atoms with Crippen molar-refractivity contribution in [3.63, 3.8) is 0 Å². The van der Waals surface area contributed by atoms with Crippen LogP contribution in [-0.2, 0) is 6.54 Å². The Morgan fingerprint density at radius 2 is 1.76 bits per heavy atom. The number of nitrogens with zero attached hydrogens (tertiary/aromatic N) is 1. The zero-order valence-corrected chi connectivity index (χ0v) is 13.8. The lowest BCUT2D eigenvalue weighted by atomic mass is 10.1. The minimum Gasteiger partial charge on any atom is -0.389 e. The van der Waals surface area contributed by atoms with E-state index in [9.17, 15) is 0 Å². The topological polar surface area (TPSA) is 30.9 Å². The summed E-state index contributed by atoms with van der Waals surface area (Å²) in [4.78, 5) is 0.473. The summed E-state index contributed by atoms with van der Waals surface area (Å²) in [5.41, 5.74) is 7.92. The van der Waals surface area contributed by atoms with Gasteiger partial charge < -0.3 is 10.3 Å². The second-order valence-corrected chi connectivity index (χ2v) is 6.21. The highest BCUT2D eigenvalue weighted by molar-refractivity contribution is 7.80. The van der Waals surface area contributed by atoms with E-state index in [0.717, 1.165) is 12.1 Å². The maximum atomic E-state index is 5.73. The van der Waals surface area contributed by atoms with E-state index in [1.807, 2.05) is 6.07 Å². The highest BCUT2D eigenvalue weighted by Crippen LogP contribution is 2.19. The van der Waals surface area contributed by atoms with Crippen molar-refractivity contribution < 1.29 is 0 Å². The second-order valence-electron chi connectivity index (χ2n) is 5.77. The van der Waals surface area contributed by atoms with Crippen molar-refractivity contribution in [1.82, 2.24) is 4.57 Å². The van der Waals surface area contributed by atoms with Crippen LogP contribution in [0.5, 0.6) is 0 Å². The number of aromatic nitrogens is 1. The molecular weight excluding hydrogens is 276 g/mol. The van der Waals surface area contributed by atoms with E-state index in [2.05, 4.69) is 35.9 Å². The van der Waals surface area contributed by atoms with Crippen molar-refractivity contribution >= 4 is 28.1 Å². The molecule has 0 aliphatic rings. The lowest BCUT2D eigenvalue weighted by Crippen LogP contribution is -2.09. The summed E-state index contributed by atoms with van der Waals surface area (Å²) in [6.07, 6.45) is 11.6. The number of hydrogen-bond donors (Lipinski definition) is 1. The van der Waals surface area contributed by atoms with Gasteiger partial charge in [0.2, 0.25) is 0 Å². The molecule has 0 spiro atoms. The van der Waals surface area contributed by atoms with Gasteiger partial charge >= 0.3 is 0 Å². The predicted octanol–water partition coefficient (Wildman–Crippen LogP) is 5.03. The van der Waals surface area contributed by atoms with Crippen molar-refractivity contribution in [2.75, 3.05) is 0 Å². The first-order chi connectivity index (χ1) is 10.2. The van der Waals surface area contributed by atoms with E-state index in [4.69, 9.17) is 18.0 Å². The quantitative estimate of drug-likeness (QED) is 0.520. The zero-order valence-electron chi connectivity index (χ0n) is 13.0. The maximum absolute atomic E-state index is 5.73. The van der Waals surface area contributed by atoms with Crippen molar-refractivity contribution in [3.05, 3.63) is 36.0 Å². The van der Waals surface area contributed by atoms with E-state index in [-0.39, 0.29) is 0 Å². The molecule has 0 radical (unpaired) electrons. The molecule has 114 valence electrons. The Bertz CT molecular complexity index is 586. The Balaban J connectivity index is 1.87. The zero-order chi connectivity index (χ0) is 15.1. The number of fused-ring (bicyclic) bond motifs is 1. The van der Waals surface area contributed by atoms with Gasteiger partial charge in [0, 0.05) is 23.8 Å². The fraction of sp³-hybridized carbons (Fsp3) is 0.500. The molecule has 0 saturated heterocycles. The molecule has 2 aromatic rings. The Hall–Kier alpha value is -1.35. The molecule has 3 heteroatoms. The summed E-state index contributed by atoms with van der Waals surface area (Å²) in [6, 6.07) is 8.38. The Kier molecular flexibility index (Phi) is 6.24. The molecule has 1 heterocycles. The maximum Gasteiger partial charge on any atom is 0.104 e. The number of unbranched alkanes of at least 4 members (excludes halogenated alkanes) is 6. The van der Waals surface area contributed by atoms with Gasteiger partial charge in [-0.05, 0) is 23.9 Å². The highest BCUT2D eigenvalue weighted by Gasteiger charge is 2.04. The van der Waals surface area contributed by atoms with E-state index in [0.29, 0.717) is 4.99 Å². The van der Waals surface area contributed by atoms with E-state index >= 15 is 0 Å². The van der Waals surface area contributed by atoms with E-state index < -0.39 is 0 Å².